The van der Waals surface area contributed by atoms with Crippen LogP contribution >= 0.6 is 0 Å². The van der Waals surface area contributed by atoms with E-state index in [0.29, 0.717) is 45.7 Å². The van der Waals surface area contributed by atoms with Crippen LogP contribution in [0.3, 0.4) is 0 Å². The smallest absolute Gasteiger partial charge is 0.236 e. The van der Waals surface area contributed by atoms with E-state index in [4.69, 9.17) is 4.74 Å². The molecule has 2 saturated heterocycles. The van der Waals surface area contributed by atoms with E-state index < -0.39 is 5.60 Å². The van der Waals surface area contributed by atoms with Crippen LogP contribution < -0.4 is 0 Å². The summed E-state index contributed by atoms with van der Waals surface area (Å²) < 4.78 is 5.28. The lowest BCUT2D eigenvalue weighted by Gasteiger charge is -2.39. The van der Waals surface area contributed by atoms with Crippen LogP contribution in [0.25, 0.3) is 0 Å². The molecule has 2 fully saturated rings. The first-order valence-corrected chi connectivity index (χ1v) is 8.03. The monoisotopic (exact) mass is 304 g/mol. The molecule has 5 heteroatoms. The fourth-order valence-electron chi connectivity index (χ4n) is 3.22. The average molecular weight is 304 g/mol. The second-order valence-corrected chi connectivity index (χ2v) is 6.17. The summed E-state index contributed by atoms with van der Waals surface area (Å²) in [5.41, 5.74) is 0.230. The maximum Gasteiger partial charge on any atom is 0.236 e. The maximum atomic E-state index is 12.3. The number of aliphatic hydroxyl groups is 1. The van der Waals surface area contributed by atoms with E-state index in [0.717, 1.165) is 18.7 Å². The minimum atomic E-state index is -0.750. The molecule has 0 aromatic heterocycles. The van der Waals surface area contributed by atoms with Gasteiger partial charge in [0.05, 0.1) is 25.4 Å². The molecule has 0 bridgehead atoms. The predicted molar refractivity (Wildman–Crippen MR) is 83.4 cm³/mol. The second-order valence-electron chi connectivity index (χ2n) is 6.17. The van der Waals surface area contributed by atoms with Crippen LogP contribution in [-0.4, -0.2) is 66.8 Å². The highest BCUT2D eigenvalue weighted by atomic mass is 16.5. The minimum absolute atomic E-state index is 0.174. The van der Waals surface area contributed by atoms with Crippen molar-refractivity contribution in [3.63, 3.8) is 0 Å². The quantitative estimate of drug-likeness (QED) is 0.899. The molecule has 0 saturated carbocycles. The third kappa shape index (κ3) is 3.48. The van der Waals surface area contributed by atoms with Gasteiger partial charge in [0.2, 0.25) is 5.91 Å². The van der Waals surface area contributed by atoms with Gasteiger partial charge in [0.15, 0.2) is 0 Å². The topological polar surface area (TPSA) is 53.0 Å². The molecule has 0 atom stereocenters. The van der Waals surface area contributed by atoms with E-state index in [1.807, 2.05) is 35.2 Å². The second kappa shape index (κ2) is 6.77. The van der Waals surface area contributed by atoms with Crippen molar-refractivity contribution in [1.29, 1.82) is 0 Å². The number of likely N-dealkylation sites (tertiary alicyclic amines) is 1. The fraction of sp³-hybridized carbons (Fsp3) is 0.588. The van der Waals surface area contributed by atoms with Gasteiger partial charge in [0.25, 0.3) is 0 Å². The van der Waals surface area contributed by atoms with Crippen LogP contribution in [0.5, 0.6) is 0 Å². The van der Waals surface area contributed by atoms with E-state index in [9.17, 15) is 9.90 Å². The summed E-state index contributed by atoms with van der Waals surface area (Å²) in [5, 5.41) is 10.8. The highest BCUT2D eigenvalue weighted by Crippen LogP contribution is 2.32. The molecule has 2 aliphatic heterocycles. The Balaban J connectivity index is 1.52. The third-order valence-corrected chi connectivity index (χ3v) is 4.72. The first-order chi connectivity index (χ1) is 10.7. The average Bonchev–Trinajstić information content (AvgIpc) is 2.59. The highest BCUT2D eigenvalue weighted by molar-refractivity contribution is 5.78. The van der Waals surface area contributed by atoms with Crippen molar-refractivity contribution < 1.29 is 14.6 Å². The zero-order valence-corrected chi connectivity index (χ0v) is 12.9. The molecule has 1 N–H and O–H groups in total. The van der Waals surface area contributed by atoms with Crippen LogP contribution in [0.4, 0.5) is 0 Å². The van der Waals surface area contributed by atoms with Crippen LogP contribution in [0.2, 0.25) is 0 Å². The van der Waals surface area contributed by atoms with Gasteiger partial charge in [-0.25, -0.2) is 0 Å². The zero-order valence-electron chi connectivity index (χ0n) is 12.9. The number of carbonyl (C=O) groups is 1. The number of hydrogen-bond acceptors (Lipinski definition) is 4. The molecule has 3 rings (SSSR count). The van der Waals surface area contributed by atoms with E-state index >= 15 is 0 Å². The molecule has 1 amide bonds. The Morgan fingerprint density at radius 2 is 1.73 bits per heavy atom. The third-order valence-electron chi connectivity index (χ3n) is 4.72. The van der Waals surface area contributed by atoms with Crippen molar-refractivity contribution in [1.82, 2.24) is 9.80 Å². The fourth-order valence-corrected chi connectivity index (χ4v) is 3.22. The summed E-state index contributed by atoms with van der Waals surface area (Å²) in [6.07, 6.45) is 1.35. The predicted octanol–water partition coefficient (Wildman–Crippen LogP) is 0.829. The van der Waals surface area contributed by atoms with Crippen molar-refractivity contribution >= 4 is 5.91 Å². The molecule has 0 radical (unpaired) electrons. The Labute approximate surface area is 131 Å². The Bertz CT molecular complexity index is 492. The van der Waals surface area contributed by atoms with Gasteiger partial charge < -0.3 is 14.7 Å². The number of rotatable bonds is 3. The Morgan fingerprint density at radius 3 is 2.36 bits per heavy atom. The van der Waals surface area contributed by atoms with Crippen molar-refractivity contribution in [2.45, 2.75) is 18.4 Å². The van der Waals surface area contributed by atoms with E-state index in [-0.39, 0.29) is 5.91 Å². The van der Waals surface area contributed by atoms with E-state index in [2.05, 4.69) is 4.90 Å². The summed E-state index contributed by atoms with van der Waals surface area (Å²) in [6, 6.07) is 9.84. The molecule has 1 aromatic carbocycles. The molecular weight excluding hydrogens is 280 g/mol. The molecule has 22 heavy (non-hydrogen) atoms. The molecule has 5 nitrogen and oxygen atoms in total. The molecular formula is C17H24N2O3. The van der Waals surface area contributed by atoms with Crippen LogP contribution in [0.15, 0.2) is 30.3 Å². The Kier molecular flexibility index (Phi) is 4.76. The van der Waals surface area contributed by atoms with Gasteiger partial charge in [0.1, 0.15) is 0 Å². The number of benzene rings is 1. The molecule has 0 unspecified atom stereocenters. The number of carbonyl (C=O) groups excluding carboxylic acids is 1. The van der Waals surface area contributed by atoms with Gasteiger partial charge in [-0.3, -0.25) is 9.69 Å². The Morgan fingerprint density at radius 1 is 1.09 bits per heavy atom. The molecule has 0 spiro atoms. The van der Waals surface area contributed by atoms with Gasteiger partial charge in [-0.2, -0.15) is 0 Å². The largest absolute Gasteiger partial charge is 0.385 e. The van der Waals surface area contributed by atoms with Gasteiger partial charge in [-0.1, -0.05) is 30.3 Å². The normalized spacial score (nSPS) is 22.5. The van der Waals surface area contributed by atoms with Crippen LogP contribution in [0, 0.1) is 0 Å². The van der Waals surface area contributed by atoms with Gasteiger partial charge in [-0.15, -0.1) is 0 Å². The van der Waals surface area contributed by atoms with Gasteiger partial charge in [-0.05, 0) is 18.4 Å². The lowest BCUT2D eigenvalue weighted by molar-refractivity contribution is -0.137. The number of ether oxygens (including phenoxy) is 1. The van der Waals surface area contributed by atoms with Gasteiger partial charge >= 0.3 is 0 Å². The first kappa shape index (κ1) is 15.5. The van der Waals surface area contributed by atoms with Crippen molar-refractivity contribution in [2.75, 3.05) is 45.9 Å². The van der Waals surface area contributed by atoms with E-state index in [1.165, 1.54) is 0 Å². The van der Waals surface area contributed by atoms with Crippen molar-refractivity contribution in [3.8, 4) is 0 Å². The summed E-state index contributed by atoms with van der Waals surface area (Å²) in [6.45, 7) is 4.62. The maximum absolute atomic E-state index is 12.3. The SMILES string of the molecule is O=C(CN1CCC(O)(c2ccccc2)CC1)N1CCOCC1. The number of morpholine rings is 1. The number of piperidine rings is 1. The highest BCUT2D eigenvalue weighted by Gasteiger charge is 2.34. The molecule has 120 valence electrons. The summed E-state index contributed by atoms with van der Waals surface area (Å²) >= 11 is 0. The molecule has 2 aliphatic rings. The van der Waals surface area contributed by atoms with Crippen molar-refractivity contribution in [2.24, 2.45) is 0 Å². The van der Waals surface area contributed by atoms with Crippen LogP contribution in [0.1, 0.15) is 18.4 Å². The first-order valence-electron chi connectivity index (χ1n) is 8.03. The summed E-state index contributed by atoms with van der Waals surface area (Å²) in [7, 11) is 0. The number of nitrogens with zero attached hydrogens (tertiary/aromatic N) is 2. The molecule has 2 heterocycles. The summed E-state index contributed by atoms with van der Waals surface area (Å²) in [5.74, 6) is 0.174. The minimum Gasteiger partial charge on any atom is -0.385 e. The lowest BCUT2D eigenvalue weighted by Crippen LogP contribution is -2.49. The molecule has 0 aliphatic carbocycles. The van der Waals surface area contributed by atoms with Gasteiger partial charge in [0, 0.05) is 26.2 Å². The van der Waals surface area contributed by atoms with Crippen molar-refractivity contribution in [3.05, 3.63) is 35.9 Å². The van der Waals surface area contributed by atoms with Crippen LogP contribution in [-0.2, 0) is 15.1 Å². The summed E-state index contributed by atoms with van der Waals surface area (Å²) in [4.78, 5) is 16.3. The van der Waals surface area contributed by atoms with E-state index in [1.54, 1.807) is 0 Å². The lowest BCUT2D eigenvalue weighted by atomic mass is 9.84. The molecule has 1 aromatic rings. The zero-order chi connectivity index (χ0) is 15.4. The number of amides is 1. The Hall–Kier alpha value is -1.43. The number of hydrogen-bond donors (Lipinski definition) is 1. The standard InChI is InChI=1S/C17H24N2O3/c20-16(19-10-12-22-13-11-19)14-18-8-6-17(21,7-9-18)15-4-2-1-3-5-15/h1-5,21H,6-14H2.